The zero-order valence-corrected chi connectivity index (χ0v) is 13.2. The van der Waals surface area contributed by atoms with Crippen LogP contribution in [-0.2, 0) is 0 Å². The first-order chi connectivity index (χ1) is 11.6. The number of aromatic nitrogens is 1. The van der Waals surface area contributed by atoms with Gasteiger partial charge in [-0.15, -0.1) is 0 Å². The predicted octanol–water partition coefficient (Wildman–Crippen LogP) is 3.22. The Kier molecular flexibility index (Phi) is 4.37. The van der Waals surface area contributed by atoms with E-state index in [0.29, 0.717) is 16.7 Å². The average Bonchev–Trinajstić information content (AvgIpc) is 3.13. The Balaban J connectivity index is 1.88. The highest BCUT2D eigenvalue weighted by Crippen LogP contribution is 2.25. The summed E-state index contributed by atoms with van der Waals surface area (Å²) in [5, 5.41) is 37.4. The summed E-state index contributed by atoms with van der Waals surface area (Å²) in [6, 6.07) is 9.58. The number of anilines is 1. The normalized spacial score (nSPS) is 11.8. The smallest absolute Gasteiger partial charge is 0.270 e. The molecular weight excluding hydrogens is 328 g/mol. The van der Waals surface area contributed by atoms with Gasteiger partial charge in [0, 0.05) is 24.1 Å². The molecule has 3 aromatic rings. The minimum atomic E-state index is -0.684. The van der Waals surface area contributed by atoms with E-state index in [0.717, 1.165) is 5.56 Å². The van der Waals surface area contributed by atoms with Crippen molar-refractivity contribution in [2.75, 3.05) is 11.9 Å². The minimum absolute atomic E-state index is 0.0885. The fourth-order valence-electron chi connectivity index (χ4n) is 2.29. The average molecular weight is 340 g/mol. The van der Waals surface area contributed by atoms with Gasteiger partial charge in [-0.25, -0.2) is 4.98 Å². The summed E-state index contributed by atoms with van der Waals surface area (Å²) >= 11 is 1.50. The van der Waals surface area contributed by atoms with Crippen LogP contribution < -0.4 is 5.32 Å². The van der Waals surface area contributed by atoms with Gasteiger partial charge in [-0.3, -0.25) is 10.1 Å². The van der Waals surface area contributed by atoms with E-state index in [1.807, 2.05) is 22.9 Å². The highest BCUT2D eigenvalue weighted by atomic mass is 32.1. The van der Waals surface area contributed by atoms with Gasteiger partial charge in [0.1, 0.15) is 5.82 Å². The van der Waals surface area contributed by atoms with Crippen LogP contribution in [0.2, 0.25) is 0 Å². The molecule has 24 heavy (non-hydrogen) atoms. The molecule has 0 bridgehead atoms. The van der Waals surface area contributed by atoms with E-state index in [1.54, 1.807) is 0 Å². The number of fused-ring (bicyclic) bond motifs is 1. The van der Waals surface area contributed by atoms with Crippen LogP contribution >= 0.6 is 11.3 Å². The summed E-state index contributed by atoms with van der Waals surface area (Å²) in [6.45, 7) is 0.243. The molecule has 0 radical (unpaired) electrons. The number of aliphatic hydroxyl groups excluding tert-OH is 1. The lowest BCUT2D eigenvalue weighted by molar-refractivity contribution is -0.384. The summed E-state index contributed by atoms with van der Waals surface area (Å²) in [5.41, 5.74) is 1.49. The Morgan fingerprint density at radius 1 is 1.42 bits per heavy atom. The van der Waals surface area contributed by atoms with Gasteiger partial charge in [-0.1, -0.05) is 0 Å². The van der Waals surface area contributed by atoms with Crippen molar-refractivity contribution in [2.45, 2.75) is 6.10 Å². The second-order valence-corrected chi connectivity index (χ2v) is 5.86. The number of nitrogens with zero attached hydrogens (tertiary/aromatic N) is 3. The van der Waals surface area contributed by atoms with Crippen LogP contribution in [0.3, 0.4) is 0 Å². The van der Waals surface area contributed by atoms with E-state index >= 15 is 0 Å². The van der Waals surface area contributed by atoms with Crippen LogP contribution in [0.1, 0.15) is 17.2 Å². The predicted molar refractivity (Wildman–Crippen MR) is 90.9 cm³/mol. The summed E-state index contributed by atoms with van der Waals surface area (Å²) in [7, 11) is 0. The number of benzene rings is 1. The number of rotatable bonds is 5. The summed E-state index contributed by atoms with van der Waals surface area (Å²) in [6.07, 6.45) is -0.684. The molecule has 0 aliphatic heterocycles. The molecule has 0 spiro atoms. The molecule has 0 aliphatic carbocycles. The molecule has 0 amide bonds. The zero-order chi connectivity index (χ0) is 17.1. The molecule has 1 atom stereocenters. The maximum absolute atomic E-state index is 10.9. The van der Waals surface area contributed by atoms with Gasteiger partial charge < -0.3 is 10.4 Å². The molecule has 0 unspecified atom stereocenters. The van der Waals surface area contributed by atoms with Crippen LogP contribution in [-0.4, -0.2) is 21.6 Å². The molecule has 8 heteroatoms. The Labute approximate surface area is 141 Å². The molecule has 120 valence electrons. The number of pyridine rings is 1. The molecular formula is C16H12N4O3S. The minimum Gasteiger partial charge on any atom is -0.387 e. The Morgan fingerprint density at radius 2 is 2.25 bits per heavy atom. The maximum atomic E-state index is 10.9. The van der Waals surface area contributed by atoms with Gasteiger partial charge in [0.05, 0.1) is 28.2 Å². The number of nitro groups is 1. The Morgan fingerprint density at radius 3 is 2.92 bits per heavy atom. The number of nitriles is 1. The van der Waals surface area contributed by atoms with Crippen LogP contribution in [0.25, 0.3) is 10.9 Å². The highest BCUT2D eigenvalue weighted by Gasteiger charge is 2.13. The summed E-state index contributed by atoms with van der Waals surface area (Å²) in [4.78, 5) is 14.7. The van der Waals surface area contributed by atoms with Crippen LogP contribution in [0.4, 0.5) is 11.5 Å². The maximum Gasteiger partial charge on any atom is 0.270 e. The molecule has 0 saturated heterocycles. The number of thiophene rings is 1. The first kappa shape index (κ1) is 15.9. The summed E-state index contributed by atoms with van der Waals surface area (Å²) in [5.74, 6) is 0.433. The lowest BCUT2D eigenvalue weighted by Gasteiger charge is -2.12. The van der Waals surface area contributed by atoms with E-state index in [9.17, 15) is 20.5 Å². The van der Waals surface area contributed by atoms with Gasteiger partial charge in [-0.2, -0.15) is 16.6 Å². The monoisotopic (exact) mass is 340 g/mol. The van der Waals surface area contributed by atoms with Crippen molar-refractivity contribution in [1.82, 2.24) is 4.98 Å². The van der Waals surface area contributed by atoms with Gasteiger partial charge in [-0.05, 0) is 34.5 Å². The van der Waals surface area contributed by atoms with Crippen molar-refractivity contribution in [1.29, 1.82) is 5.26 Å². The first-order valence-electron chi connectivity index (χ1n) is 7.02. The van der Waals surface area contributed by atoms with Gasteiger partial charge in [0.25, 0.3) is 5.69 Å². The van der Waals surface area contributed by atoms with Crippen LogP contribution in [0, 0.1) is 21.4 Å². The second kappa shape index (κ2) is 6.62. The van der Waals surface area contributed by atoms with E-state index in [1.165, 1.54) is 35.6 Å². The zero-order valence-electron chi connectivity index (χ0n) is 12.3. The van der Waals surface area contributed by atoms with Crippen molar-refractivity contribution in [2.24, 2.45) is 0 Å². The first-order valence-corrected chi connectivity index (χ1v) is 7.96. The number of hydrogen-bond acceptors (Lipinski definition) is 7. The van der Waals surface area contributed by atoms with Gasteiger partial charge in [0.15, 0.2) is 0 Å². The topological polar surface area (TPSA) is 112 Å². The van der Waals surface area contributed by atoms with E-state index in [-0.39, 0.29) is 17.8 Å². The molecule has 2 heterocycles. The van der Waals surface area contributed by atoms with Crippen LogP contribution in [0.5, 0.6) is 0 Å². The number of nitrogens with one attached hydrogen (secondary N) is 1. The fraction of sp³-hybridized carbons (Fsp3) is 0.125. The highest BCUT2D eigenvalue weighted by molar-refractivity contribution is 7.07. The van der Waals surface area contributed by atoms with E-state index < -0.39 is 11.0 Å². The quantitative estimate of drug-likeness (QED) is 0.545. The number of hydrogen-bond donors (Lipinski definition) is 2. The molecule has 0 fully saturated rings. The van der Waals surface area contributed by atoms with E-state index in [2.05, 4.69) is 10.3 Å². The molecule has 2 N–H and O–H groups in total. The molecule has 0 saturated carbocycles. The standard InChI is InChI=1S/C16H12N4O3S/c17-7-11-5-16(18-8-15(21)10-3-4-24-9-10)19-14-2-1-12(20(22)23)6-13(11)14/h1-6,9,15,21H,8H2,(H,18,19)/t15-/m1/s1. The third kappa shape index (κ3) is 3.17. The molecule has 0 aliphatic rings. The molecule has 1 aromatic carbocycles. The molecule has 7 nitrogen and oxygen atoms in total. The van der Waals surface area contributed by atoms with Crippen molar-refractivity contribution < 1.29 is 10.0 Å². The number of nitro benzene ring substituents is 1. The Bertz CT molecular complexity index is 934. The van der Waals surface area contributed by atoms with E-state index in [4.69, 9.17) is 0 Å². The number of aliphatic hydroxyl groups is 1. The fourth-order valence-corrected chi connectivity index (χ4v) is 3.00. The largest absolute Gasteiger partial charge is 0.387 e. The third-order valence-electron chi connectivity index (χ3n) is 3.53. The lowest BCUT2D eigenvalue weighted by Crippen LogP contribution is -2.12. The second-order valence-electron chi connectivity index (χ2n) is 5.08. The lowest BCUT2D eigenvalue weighted by atomic mass is 10.1. The number of non-ortho nitro benzene ring substituents is 1. The van der Waals surface area contributed by atoms with Crippen molar-refractivity contribution in [3.63, 3.8) is 0 Å². The third-order valence-corrected chi connectivity index (χ3v) is 4.23. The van der Waals surface area contributed by atoms with Crippen molar-refractivity contribution in [3.8, 4) is 6.07 Å². The summed E-state index contributed by atoms with van der Waals surface area (Å²) < 4.78 is 0. The molecule has 2 aromatic heterocycles. The Hall–Kier alpha value is -3.02. The van der Waals surface area contributed by atoms with Crippen molar-refractivity contribution >= 4 is 33.7 Å². The van der Waals surface area contributed by atoms with Crippen molar-refractivity contribution in [3.05, 3.63) is 62.3 Å². The van der Waals surface area contributed by atoms with Gasteiger partial charge in [0.2, 0.25) is 0 Å². The van der Waals surface area contributed by atoms with Crippen LogP contribution in [0.15, 0.2) is 41.1 Å². The SMILES string of the molecule is N#Cc1cc(NC[C@@H](O)c2ccsc2)nc2ccc([N+](=O)[O-])cc12. The van der Waals surface area contributed by atoms with Gasteiger partial charge >= 0.3 is 0 Å². The molecule has 3 rings (SSSR count).